The molecule has 0 bridgehead atoms. The first kappa shape index (κ1) is 15.6. The molecule has 0 saturated heterocycles. The topological polar surface area (TPSA) is 6.48 Å². The summed E-state index contributed by atoms with van der Waals surface area (Å²) in [5, 5.41) is 3.99. The Morgan fingerprint density at radius 2 is 1.65 bits per heavy atom. The number of nitrogens with zero attached hydrogens (tertiary/aromatic N) is 2. The molecule has 23 heavy (non-hydrogen) atoms. The summed E-state index contributed by atoms with van der Waals surface area (Å²) < 4.78 is 39.6. The van der Waals surface area contributed by atoms with Crippen LogP contribution in [0.4, 0.5) is 13.2 Å². The van der Waals surface area contributed by atoms with Crippen LogP contribution in [0.1, 0.15) is 24.1 Å². The Balaban J connectivity index is 1.81. The van der Waals surface area contributed by atoms with Crippen molar-refractivity contribution >= 4 is 0 Å². The zero-order valence-electron chi connectivity index (χ0n) is 12.9. The fraction of sp³-hybridized carbons (Fsp3) is 0.222. The lowest BCUT2D eigenvalue weighted by Crippen LogP contribution is -2.34. The van der Waals surface area contributed by atoms with E-state index in [1.165, 1.54) is 18.2 Å². The molecule has 0 radical (unpaired) electrons. The van der Waals surface area contributed by atoms with Crippen LogP contribution in [-0.2, 0) is 6.54 Å². The van der Waals surface area contributed by atoms with Gasteiger partial charge in [0.05, 0.1) is 12.6 Å². The monoisotopic (exact) mass is 318 g/mol. The second kappa shape index (κ2) is 6.08. The van der Waals surface area contributed by atoms with E-state index in [9.17, 15) is 13.2 Å². The number of halogens is 3. The van der Waals surface area contributed by atoms with E-state index >= 15 is 0 Å². The van der Waals surface area contributed by atoms with Crippen molar-refractivity contribution in [1.29, 1.82) is 0 Å². The van der Waals surface area contributed by atoms with Gasteiger partial charge < -0.3 is 5.01 Å². The Labute approximate surface area is 133 Å². The van der Waals surface area contributed by atoms with Gasteiger partial charge in [0, 0.05) is 12.7 Å². The summed E-state index contributed by atoms with van der Waals surface area (Å²) in [6.45, 7) is 2.54. The van der Waals surface area contributed by atoms with Gasteiger partial charge in [-0.3, -0.25) is 0 Å². The largest absolute Gasteiger partial charge is 0.305 e. The average molecular weight is 318 g/mol. The van der Waals surface area contributed by atoms with Crippen LogP contribution in [0.2, 0.25) is 0 Å². The number of hydrazine groups is 1. The highest BCUT2D eigenvalue weighted by Crippen LogP contribution is 2.33. The van der Waals surface area contributed by atoms with Gasteiger partial charge in [0.15, 0.2) is 11.6 Å². The van der Waals surface area contributed by atoms with Gasteiger partial charge in [-0.1, -0.05) is 18.2 Å². The number of hydrogen-bond donors (Lipinski definition) is 0. The van der Waals surface area contributed by atoms with E-state index in [0.717, 1.165) is 17.3 Å². The molecular weight excluding hydrogens is 301 g/mol. The lowest BCUT2D eigenvalue weighted by molar-refractivity contribution is 0.0268. The molecule has 1 heterocycles. The van der Waals surface area contributed by atoms with Crippen LogP contribution in [-0.4, -0.2) is 17.1 Å². The molecule has 0 fully saturated rings. The van der Waals surface area contributed by atoms with Crippen LogP contribution >= 0.6 is 0 Å². The maximum absolute atomic E-state index is 13.5. The molecule has 0 aliphatic carbocycles. The predicted octanol–water partition coefficient (Wildman–Crippen LogP) is 4.41. The summed E-state index contributed by atoms with van der Waals surface area (Å²) in [5.74, 6) is -1.97. The van der Waals surface area contributed by atoms with Gasteiger partial charge in [-0.25, -0.2) is 18.2 Å². The Kier molecular flexibility index (Phi) is 4.13. The third-order valence-corrected chi connectivity index (χ3v) is 4.12. The van der Waals surface area contributed by atoms with Gasteiger partial charge in [0.25, 0.3) is 0 Å². The van der Waals surface area contributed by atoms with Crippen LogP contribution in [0.15, 0.2) is 54.2 Å². The molecule has 0 spiro atoms. The third-order valence-electron chi connectivity index (χ3n) is 4.12. The van der Waals surface area contributed by atoms with Crippen molar-refractivity contribution in [3.05, 3.63) is 82.8 Å². The molecule has 3 rings (SSSR count). The Morgan fingerprint density at radius 1 is 0.957 bits per heavy atom. The minimum Gasteiger partial charge on any atom is -0.305 e. The molecule has 0 N–H and O–H groups in total. The van der Waals surface area contributed by atoms with E-state index < -0.39 is 11.6 Å². The van der Waals surface area contributed by atoms with Crippen LogP contribution in [0, 0.1) is 17.5 Å². The molecule has 1 unspecified atom stereocenters. The first-order valence-corrected chi connectivity index (χ1v) is 7.34. The van der Waals surface area contributed by atoms with E-state index in [1.54, 1.807) is 18.2 Å². The predicted molar refractivity (Wildman–Crippen MR) is 82.6 cm³/mol. The molecule has 1 aliphatic rings. The van der Waals surface area contributed by atoms with Crippen molar-refractivity contribution in [2.45, 2.75) is 19.5 Å². The summed E-state index contributed by atoms with van der Waals surface area (Å²) in [4.78, 5) is 0. The third kappa shape index (κ3) is 3.10. The second-order valence-corrected chi connectivity index (χ2v) is 5.68. The van der Waals surface area contributed by atoms with Crippen LogP contribution in [0.25, 0.3) is 0 Å². The first-order chi connectivity index (χ1) is 11.0. The van der Waals surface area contributed by atoms with E-state index in [-0.39, 0.29) is 11.9 Å². The second-order valence-electron chi connectivity index (χ2n) is 5.68. The lowest BCUT2D eigenvalue weighted by atomic mass is 10.1. The smallest absolute Gasteiger partial charge is 0.159 e. The number of allylic oxidation sites excluding steroid dienone is 1. The number of likely N-dealkylation sites (N-methyl/N-ethyl adjacent to an activating group) is 1. The van der Waals surface area contributed by atoms with Crippen molar-refractivity contribution in [2.24, 2.45) is 0 Å². The highest BCUT2D eigenvalue weighted by molar-refractivity contribution is 5.28. The van der Waals surface area contributed by atoms with Crippen LogP contribution in [0.3, 0.4) is 0 Å². The lowest BCUT2D eigenvalue weighted by Gasteiger charge is -2.32. The Morgan fingerprint density at radius 3 is 2.30 bits per heavy atom. The van der Waals surface area contributed by atoms with Gasteiger partial charge in [-0.2, -0.15) is 0 Å². The fourth-order valence-electron chi connectivity index (χ4n) is 2.83. The number of hydrogen-bond acceptors (Lipinski definition) is 2. The van der Waals surface area contributed by atoms with Gasteiger partial charge in [0.2, 0.25) is 0 Å². The molecule has 2 nitrogen and oxygen atoms in total. The van der Waals surface area contributed by atoms with Crippen LogP contribution < -0.4 is 0 Å². The molecule has 1 aliphatic heterocycles. The SMILES string of the molecule is CC1=CC(c2ccc(F)c(F)c2)N(C)N1Cc1ccc(F)cc1. The number of rotatable bonds is 3. The fourth-order valence-corrected chi connectivity index (χ4v) is 2.83. The van der Waals surface area contributed by atoms with Crippen molar-refractivity contribution < 1.29 is 13.2 Å². The van der Waals surface area contributed by atoms with Crippen LogP contribution in [0.5, 0.6) is 0 Å². The van der Waals surface area contributed by atoms with E-state index in [1.807, 2.05) is 30.1 Å². The van der Waals surface area contributed by atoms with Gasteiger partial charge in [-0.05, 0) is 48.4 Å². The van der Waals surface area contributed by atoms with Crippen molar-refractivity contribution in [3.8, 4) is 0 Å². The zero-order valence-corrected chi connectivity index (χ0v) is 12.9. The van der Waals surface area contributed by atoms with Crippen molar-refractivity contribution in [2.75, 3.05) is 7.05 Å². The summed E-state index contributed by atoms with van der Waals surface area (Å²) in [5.41, 5.74) is 2.66. The summed E-state index contributed by atoms with van der Waals surface area (Å²) >= 11 is 0. The molecular formula is C18H17F3N2. The molecule has 2 aromatic rings. The molecule has 2 aromatic carbocycles. The summed E-state index contributed by atoms with van der Waals surface area (Å²) in [7, 11) is 1.89. The molecule has 5 heteroatoms. The number of benzene rings is 2. The summed E-state index contributed by atoms with van der Waals surface area (Å²) in [6.07, 6.45) is 2.00. The highest BCUT2D eigenvalue weighted by atomic mass is 19.2. The van der Waals surface area contributed by atoms with E-state index in [4.69, 9.17) is 0 Å². The zero-order chi connectivity index (χ0) is 16.6. The highest BCUT2D eigenvalue weighted by Gasteiger charge is 2.28. The normalized spacial score (nSPS) is 18.4. The molecule has 0 amide bonds. The maximum Gasteiger partial charge on any atom is 0.159 e. The van der Waals surface area contributed by atoms with Gasteiger partial charge >= 0.3 is 0 Å². The molecule has 1 atom stereocenters. The van der Waals surface area contributed by atoms with Crippen molar-refractivity contribution in [1.82, 2.24) is 10.0 Å². The molecule has 0 aromatic heterocycles. The Bertz CT molecular complexity index is 740. The Hall–Kier alpha value is -2.27. The van der Waals surface area contributed by atoms with Crippen molar-refractivity contribution in [3.63, 3.8) is 0 Å². The quantitative estimate of drug-likeness (QED) is 0.827. The van der Waals surface area contributed by atoms with E-state index in [2.05, 4.69) is 0 Å². The minimum absolute atomic E-state index is 0.162. The molecule has 120 valence electrons. The average Bonchev–Trinajstić information content (AvgIpc) is 2.80. The molecule has 0 saturated carbocycles. The van der Waals surface area contributed by atoms with Gasteiger partial charge in [0.1, 0.15) is 5.82 Å². The van der Waals surface area contributed by atoms with E-state index in [0.29, 0.717) is 12.1 Å². The summed E-state index contributed by atoms with van der Waals surface area (Å²) in [6, 6.07) is 10.1. The first-order valence-electron chi connectivity index (χ1n) is 7.34. The minimum atomic E-state index is -0.849. The van der Waals surface area contributed by atoms with Gasteiger partial charge in [-0.15, -0.1) is 0 Å². The maximum atomic E-state index is 13.5. The standard InChI is InChI=1S/C18H17F3N2/c1-12-9-18(14-5-8-16(20)17(21)10-14)22(2)23(12)11-13-3-6-15(19)7-4-13/h3-10,18H,11H2,1-2H3.